The summed E-state index contributed by atoms with van der Waals surface area (Å²) in [7, 11) is 1.32. The molecule has 0 aliphatic rings. The van der Waals surface area contributed by atoms with Gasteiger partial charge in [-0.05, 0) is 42.0 Å². The molecule has 38 heavy (non-hydrogen) atoms. The van der Waals surface area contributed by atoms with Crippen LogP contribution in [0.3, 0.4) is 0 Å². The van der Waals surface area contributed by atoms with Crippen LogP contribution in [0.1, 0.15) is 17.2 Å². The van der Waals surface area contributed by atoms with Crippen molar-refractivity contribution < 1.29 is 38.1 Å². The lowest BCUT2D eigenvalue weighted by atomic mass is 10.0. The Labute approximate surface area is 212 Å². The number of nitrogens with zero attached hydrogens (tertiary/aromatic N) is 5. The number of hydrogen-bond donors (Lipinski definition) is 5. The number of alkyl halides is 3. The zero-order valence-electron chi connectivity index (χ0n) is 19.5. The maximum atomic E-state index is 13.4. The zero-order valence-corrected chi connectivity index (χ0v) is 19.5. The number of nitrogens with one attached hydrogen (secondary N) is 2. The molecule has 0 bridgehead atoms. The van der Waals surface area contributed by atoms with E-state index in [0.29, 0.717) is 23.1 Å². The molecule has 1 atom stereocenters. The predicted octanol–water partition coefficient (Wildman–Crippen LogP) is 3.62. The van der Waals surface area contributed by atoms with E-state index in [4.69, 9.17) is 5.11 Å². The number of carbonyl (C=O) groups excluding carboxylic acids is 1. The first-order chi connectivity index (χ1) is 18.0. The molecule has 0 radical (unpaired) electrons. The van der Waals surface area contributed by atoms with Crippen LogP contribution in [-0.4, -0.2) is 60.6 Å². The molecule has 12 nitrogen and oxygen atoms in total. The van der Waals surface area contributed by atoms with Crippen LogP contribution in [0.5, 0.6) is 0 Å². The Morgan fingerprint density at radius 2 is 1.71 bits per heavy atom. The van der Waals surface area contributed by atoms with E-state index in [1.165, 1.54) is 37.9 Å². The number of amides is 3. The first-order valence-electron chi connectivity index (χ1n) is 10.8. The number of carboxylic acid groups (broad SMARTS) is 1. The fourth-order valence-corrected chi connectivity index (χ4v) is 3.61. The van der Waals surface area contributed by atoms with Crippen LogP contribution in [0, 0.1) is 0 Å². The molecule has 4 aromatic rings. The van der Waals surface area contributed by atoms with Crippen molar-refractivity contribution in [2.45, 2.75) is 12.3 Å². The molecule has 198 valence electrons. The molecular formula is C23H20F3N7O5. The van der Waals surface area contributed by atoms with E-state index >= 15 is 0 Å². The number of carbonyl (C=O) groups is 2. The van der Waals surface area contributed by atoms with Crippen molar-refractivity contribution in [1.82, 2.24) is 19.5 Å². The molecular weight excluding hydrogens is 511 g/mol. The van der Waals surface area contributed by atoms with E-state index in [9.17, 15) is 33.0 Å². The van der Waals surface area contributed by atoms with Crippen molar-refractivity contribution in [3.8, 4) is 5.69 Å². The van der Waals surface area contributed by atoms with E-state index in [2.05, 4.69) is 25.6 Å². The van der Waals surface area contributed by atoms with Gasteiger partial charge in [0, 0.05) is 24.1 Å². The second-order valence-corrected chi connectivity index (χ2v) is 7.95. The van der Waals surface area contributed by atoms with Crippen molar-refractivity contribution >= 4 is 40.5 Å². The number of hydrogen-bond acceptors (Lipinski definition) is 7. The first-order valence-corrected chi connectivity index (χ1v) is 10.8. The van der Waals surface area contributed by atoms with Crippen LogP contribution in [-0.2, 0) is 6.18 Å². The van der Waals surface area contributed by atoms with Crippen LogP contribution in [0.2, 0.25) is 0 Å². The maximum absolute atomic E-state index is 13.4. The van der Waals surface area contributed by atoms with Gasteiger partial charge in [0.25, 0.3) is 0 Å². The highest BCUT2D eigenvalue weighted by molar-refractivity contribution is 6.00. The Morgan fingerprint density at radius 1 is 1.05 bits per heavy atom. The minimum atomic E-state index is -4.82. The fraction of sp³-hybridized carbons (Fsp3) is 0.174. The number of rotatable bonds is 6. The van der Waals surface area contributed by atoms with Gasteiger partial charge in [-0.2, -0.15) is 13.2 Å². The normalized spacial score (nSPS) is 12.3. The summed E-state index contributed by atoms with van der Waals surface area (Å²) in [5, 5.41) is 32.7. The van der Waals surface area contributed by atoms with Crippen molar-refractivity contribution in [3.63, 3.8) is 0 Å². The number of halogens is 3. The summed E-state index contributed by atoms with van der Waals surface area (Å²) in [5.41, 5.74) is -0.372. The van der Waals surface area contributed by atoms with E-state index in [1.54, 1.807) is 16.7 Å². The van der Waals surface area contributed by atoms with E-state index in [1.807, 2.05) is 0 Å². The molecule has 0 saturated carbocycles. The molecule has 15 heteroatoms. The Morgan fingerprint density at radius 3 is 2.34 bits per heavy atom. The summed E-state index contributed by atoms with van der Waals surface area (Å²) in [4.78, 5) is 36.9. The quantitative estimate of drug-likeness (QED) is 0.252. The highest BCUT2D eigenvalue weighted by Gasteiger charge is 2.35. The molecule has 5 N–H and O–H groups in total. The largest absolute Gasteiger partial charge is 0.465 e. The number of fused-ring (bicyclic) bond motifs is 1. The summed E-state index contributed by atoms with van der Waals surface area (Å²) < 4.78 is 41.8. The standard InChI is InChI=1S/C23H20F3N7O5/c1-32(22(37)38)19-18-20(28-10-27-19)33(11-29-18)14-5-2-12(3-6-14)30-21(36)31-13-4-7-15(17(35)9-34)16(8-13)23(24,25)26/h2-8,10-11,17,34-35H,9H2,1H3,(H,37,38)(H2,30,31,36). The maximum Gasteiger partial charge on any atom is 0.416 e. The van der Waals surface area contributed by atoms with Gasteiger partial charge in [-0.1, -0.05) is 6.07 Å². The average molecular weight is 531 g/mol. The topological polar surface area (TPSA) is 166 Å². The average Bonchev–Trinajstić information content (AvgIpc) is 3.32. The Hall–Kier alpha value is -4.76. The van der Waals surface area contributed by atoms with E-state index < -0.39 is 42.1 Å². The van der Waals surface area contributed by atoms with Crippen molar-refractivity contribution in [1.29, 1.82) is 0 Å². The SMILES string of the molecule is CN(C(=O)O)c1ncnc2c1ncn2-c1ccc(NC(=O)Nc2ccc(C(O)CO)c(C(F)(F)F)c2)cc1. The van der Waals surface area contributed by atoms with Gasteiger partial charge in [0.2, 0.25) is 0 Å². The number of anilines is 3. The van der Waals surface area contributed by atoms with E-state index in [0.717, 1.165) is 11.0 Å². The van der Waals surface area contributed by atoms with Gasteiger partial charge in [-0.3, -0.25) is 9.47 Å². The summed E-state index contributed by atoms with van der Waals surface area (Å²) in [6.07, 6.45) is -5.12. The Bertz CT molecular complexity index is 1490. The van der Waals surface area contributed by atoms with Crippen molar-refractivity contribution in [2.24, 2.45) is 0 Å². The monoisotopic (exact) mass is 531 g/mol. The van der Waals surface area contributed by atoms with Crippen molar-refractivity contribution in [3.05, 3.63) is 66.2 Å². The number of aliphatic hydroxyl groups is 2. The van der Waals surface area contributed by atoms with Crippen LogP contribution in [0.15, 0.2) is 55.1 Å². The molecule has 2 aromatic carbocycles. The molecule has 2 heterocycles. The lowest BCUT2D eigenvalue weighted by molar-refractivity contribution is -0.139. The Balaban J connectivity index is 1.50. The predicted molar refractivity (Wildman–Crippen MR) is 129 cm³/mol. The fourth-order valence-electron chi connectivity index (χ4n) is 3.61. The van der Waals surface area contributed by atoms with Crippen LogP contribution in [0.25, 0.3) is 16.9 Å². The molecule has 0 saturated heterocycles. The van der Waals surface area contributed by atoms with Crippen LogP contribution in [0.4, 0.5) is 40.0 Å². The Kier molecular flexibility index (Phi) is 7.14. The van der Waals surface area contributed by atoms with Gasteiger partial charge < -0.3 is 26.0 Å². The molecule has 3 amide bonds. The summed E-state index contributed by atoms with van der Waals surface area (Å²) >= 11 is 0. The van der Waals surface area contributed by atoms with Crippen molar-refractivity contribution in [2.75, 3.05) is 29.2 Å². The molecule has 2 aromatic heterocycles. The molecule has 0 aliphatic carbocycles. The number of imidazole rings is 1. The van der Waals surface area contributed by atoms with Crippen LogP contribution >= 0.6 is 0 Å². The molecule has 0 aliphatic heterocycles. The lowest BCUT2D eigenvalue weighted by Gasteiger charge is -2.18. The highest BCUT2D eigenvalue weighted by atomic mass is 19.4. The van der Waals surface area contributed by atoms with Gasteiger partial charge >= 0.3 is 18.3 Å². The molecule has 1 unspecified atom stereocenters. The minimum Gasteiger partial charge on any atom is -0.465 e. The minimum absolute atomic E-state index is 0.101. The number of benzene rings is 2. The smallest absolute Gasteiger partial charge is 0.416 e. The van der Waals surface area contributed by atoms with Gasteiger partial charge in [0.1, 0.15) is 18.8 Å². The molecule has 4 rings (SSSR count). The number of urea groups is 1. The van der Waals surface area contributed by atoms with Crippen LogP contribution < -0.4 is 15.5 Å². The van der Waals surface area contributed by atoms with Gasteiger partial charge in [-0.25, -0.2) is 24.5 Å². The van der Waals surface area contributed by atoms with Gasteiger partial charge in [-0.15, -0.1) is 0 Å². The van der Waals surface area contributed by atoms with Gasteiger partial charge in [0.05, 0.1) is 12.2 Å². The molecule has 0 fully saturated rings. The third-order valence-corrected chi connectivity index (χ3v) is 5.47. The highest BCUT2D eigenvalue weighted by Crippen LogP contribution is 2.36. The van der Waals surface area contributed by atoms with Gasteiger partial charge in [0.15, 0.2) is 17.0 Å². The number of aliphatic hydroxyl groups excluding tert-OH is 2. The third kappa shape index (κ3) is 5.33. The second-order valence-electron chi connectivity index (χ2n) is 7.95. The lowest BCUT2D eigenvalue weighted by Crippen LogP contribution is -2.25. The third-order valence-electron chi connectivity index (χ3n) is 5.47. The summed E-state index contributed by atoms with van der Waals surface area (Å²) in [6, 6.07) is 8.31. The first kappa shape index (κ1) is 26.3. The number of aromatic nitrogens is 4. The second kappa shape index (κ2) is 10.3. The molecule has 0 spiro atoms. The summed E-state index contributed by atoms with van der Waals surface area (Å²) in [6.45, 7) is -0.894. The van der Waals surface area contributed by atoms with E-state index in [-0.39, 0.29) is 17.0 Å². The zero-order chi connectivity index (χ0) is 27.6. The summed E-state index contributed by atoms with van der Waals surface area (Å²) in [5.74, 6) is 0.101.